The van der Waals surface area contributed by atoms with Gasteiger partial charge in [-0.05, 0) is 54.5 Å². The Balaban J connectivity index is 1.80. The Hall–Kier alpha value is -1.82. The molecule has 0 aromatic heterocycles. The Bertz CT molecular complexity index is 731. The van der Waals surface area contributed by atoms with E-state index in [2.05, 4.69) is 55.5 Å². The first-order valence-electron chi connectivity index (χ1n) is 7.69. The first-order valence-corrected chi connectivity index (χ1v) is 7.69. The van der Waals surface area contributed by atoms with E-state index >= 15 is 0 Å². The minimum absolute atomic E-state index is 0.626. The predicted molar refractivity (Wildman–Crippen MR) is 85.9 cm³/mol. The fraction of sp³-hybridized carbons (Fsp3) is 0.300. The SMILES string of the molecule is CC1=CC2=C(CCCC2c2ccc3ccccc3c2)C1. The summed E-state index contributed by atoms with van der Waals surface area (Å²) in [5.41, 5.74) is 6.38. The van der Waals surface area contributed by atoms with E-state index in [1.165, 1.54) is 42.0 Å². The fourth-order valence-corrected chi connectivity index (χ4v) is 3.88. The van der Waals surface area contributed by atoms with E-state index in [0.717, 1.165) is 0 Å². The minimum Gasteiger partial charge on any atom is -0.0690 e. The highest BCUT2D eigenvalue weighted by atomic mass is 14.3. The lowest BCUT2D eigenvalue weighted by molar-refractivity contribution is 0.612. The molecule has 0 saturated heterocycles. The number of allylic oxidation sites excluding steroid dienone is 4. The second-order valence-electron chi connectivity index (χ2n) is 6.28. The topological polar surface area (TPSA) is 0 Å². The summed E-state index contributed by atoms with van der Waals surface area (Å²) in [6, 6.07) is 15.7. The van der Waals surface area contributed by atoms with Crippen LogP contribution < -0.4 is 0 Å². The molecule has 100 valence electrons. The second-order valence-corrected chi connectivity index (χ2v) is 6.28. The van der Waals surface area contributed by atoms with Crippen LogP contribution in [0.25, 0.3) is 10.8 Å². The second kappa shape index (κ2) is 4.63. The van der Waals surface area contributed by atoms with E-state index in [4.69, 9.17) is 0 Å². The number of benzene rings is 2. The van der Waals surface area contributed by atoms with Gasteiger partial charge in [0.1, 0.15) is 0 Å². The van der Waals surface area contributed by atoms with Gasteiger partial charge in [0.2, 0.25) is 0 Å². The lowest BCUT2D eigenvalue weighted by Crippen LogP contribution is -2.07. The summed E-state index contributed by atoms with van der Waals surface area (Å²) < 4.78 is 0. The first-order chi connectivity index (χ1) is 9.81. The molecular weight excluding hydrogens is 240 g/mol. The van der Waals surface area contributed by atoms with Crippen molar-refractivity contribution < 1.29 is 0 Å². The molecule has 0 saturated carbocycles. The highest BCUT2D eigenvalue weighted by Crippen LogP contribution is 2.44. The zero-order chi connectivity index (χ0) is 13.5. The van der Waals surface area contributed by atoms with Gasteiger partial charge in [0.05, 0.1) is 0 Å². The molecule has 0 amide bonds. The zero-order valence-corrected chi connectivity index (χ0v) is 12.0. The summed E-state index contributed by atoms with van der Waals surface area (Å²) in [7, 11) is 0. The molecule has 0 aliphatic heterocycles. The van der Waals surface area contributed by atoms with Crippen molar-refractivity contribution in [1.82, 2.24) is 0 Å². The molecule has 2 aromatic rings. The third-order valence-electron chi connectivity index (χ3n) is 4.83. The highest BCUT2D eigenvalue weighted by Gasteiger charge is 2.26. The fourth-order valence-electron chi connectivity index (χ4n) is 3.88. The monoisotopic (exact) mass is 260 g/mol. The third-order valence-corrected chi connectivity index (χ3v) is 4.83. The quantitative estimate of drug-likeness (QED) is 0.612. The number of hydrogen-bond donors (Lipinski definition) is 0. The van der Waals surface area contributed by atoms with E-state index in [0.29, 0.717) is 5.92 Å². The molecule has 0 fully saturated rings. The standard InChI is InChI=1S/C20H20/c1-14-11-17-7-4-8-19(20(17)12-14)18-10-9-15-5-2-3-6-16(15)13-18/h2-3,5-6,9-10,12-13,19H,4,7-8,11H2,1H3. The van der Waals surface area contributed by atoms with Crippen molar-refractivity contribution in [3.63, 3.8) is 0 Å². The van der Waals surface area contributed by atoms with Gasteiger partial charge in [0.15, 0.2) is 0 Å². The zero-order valence-electron chi connectivity index (χ0n) is 12.0. The molecule has 4 rings (SSSR count). The van der Waals surface area contributed by atoms with Crippen LogP contribution in [0.1, 0.15) is 44.1 Å². The maximum atomic E-state index is 2.45. The van der Waals surface area contributed by atoms with Gasteiger partial charge in [-0.1, -0.05) is 59.7 Å². The Kier molecular flexibility index (Phi) is 2.77. The van der Waals surface area contributed by atoms with Crippen molar-refractivity contribution in [2.75, 3.05) is 0 Å². The van der Waals surface area contributed by atoms with Gasteiger partial charge in [-0.2, -0.15) is 0 Å². The average Bonchev–Trinajstić information content (AvgIpc) is 2.86. The van der Waals surface area contributed by atoms with Gasteiger partial charge in [0, 0.05) is 5.92 Å². The van der Waals surface area contributed by atoms with Crippen molar-refractivity contribution in [3.05, 3.63) is 70.8 Å². The van der Waals surface area contributed by atoms with Crippen molar-refractivity contribution in [1.29, 1.82) is 0 Å². The van der Waals surface area contributed by atoms with Crippen LogP contribution in [-0.4, -0.2) is 0 Å². The maximum Gasteiger partial charge on any atom is 0.00893 e. The molecule has 0 heteroatoms. The molecule has 0 N–H and O–H groups in total. The molecule has 0 bridgehead atoms. The van der Waals surface area contributed by atoms with Crippen molar-refractivity contribution in [3.8, 4) is 0 Å². The minimum atomic E-state index is 0.626. The first kappa shape index (κ1) is 12.0. The lowest BCUT2D eigenvalue weighted by Gasteiger charge is -2.25. The van der Waals surface area contributed by atoms with Crippen LogP contribution in [-0.2, 0) is 0 Å². The Labute approximate surface area is 120 Å². The summed E-state index contributed by atoms with van der Waals surface area (Å²) in [4.78, 5) is 0. The van der Waals surface area contributed by atoms with Crippen LogP contribution in [0.2, 0.25) is 0 Å². The molecule has 1 atom stereocenters. The van der Waals surface area contributed by atoms with Crippen LogP contribution in [0, 0.1) is 0 Å². The van der Waals surface area contributed by atoms with E-state index in [9.17, 15) is 0 Å². The van der Waals surface area contributed by atoms with Gasteiger partial charge < -0.3 is 0 Å². The maximum absolute atomic E-state index is 2.45. The van der Waals surface area contributed by atoms with Crippen molar-refractivity contribution in [2.45, 2.75) is 38.5 Å². The van der Waals surface area contributed by atoms with Gasteiger partial charge >= 0.3 is 0 Å². The van der Waals surface area contributed by atoms with Crippen molar-refractivity contribution in [2.24, 2.45) is 0 Å². The molecule has 2 aromatic carbocycles. The largest absolute Gasteiger partial charge is 0.0690 e. The van der Waals surface area contributed by atoms with Crippen LogP contribution in [0.3, 0.4) is 0 Å². The Morgan fingerprint density at radius 3 is 2.75 bits per heavy atom. The van der Waals surface area contributed by atoms with Gasteiger partial charge in [-0.15, -0.1) is 0 Å². The molecule has 0 nitrogen and oxygen atoms in total. The third kappa shape index (κ3) is 1.91. The molecule has 2 aliphatic carbocycles. The molecule has 1 unspecified atom stereocenters. The number of hydrogen-bond acceptors (Lipinski definition) is 0. The van der Waals surface area contributed by atoms with Gasteiger partial charge in [-0.25, -0.2) is 0 Å². The number of rotatable bonds is 1. The molecule has 2 aliphatic rings. The van der Waals surface area contributed by atoms with Crippen LogP contribution >= 0.6 is 0 Å². The Morgan fingerprint density at radius 1 is 1.00 bits per heavy atom. The van der Waals surface area contributed by atoms with Crippen LogP contribution in [0.4, 0.5) is 0 Å². The van der Waals surface area contributed by atoms with E-state index < -0.39 is 0 Å². The van der Waals surface area contributed by atoms with Crippen LogP contribution in [0.5, 0.6) is 0 Å². The van der Waals surface area contributed by atoms with Crippen LogP contribution in [0.15, 0.2) is 65.3 Å². The summed E-state index contributed by atoms with van der Waals surface area (Å²) in [6.07, 6.45) is 7.64. The number of fused-ring (bicyclic) bond motifs is 1. The van der Waals surface area contributed by atoms with Crippen molar-refractivity contribution >= 4 is 10.8 Å². The summed E-state index contributed by atoms with van der Waals surface area (Å²) in [5.74, 6) is 0.626. The smallest absolute Gasteiger partial charge is 0.00893 e. The molecule has 0 spiro atoms. The van der Waals surface area contributed by atoms with E-state index in [-0.39, 0.29) is 0 Å². The van der Waals surface area contributed by atoms with Gasteiger partial charge in [-0.3, -0.25) is 0 Å². The van der Waals surface area contributed by atoms with E-state index in [1.54, 1.807) is 16.7 Å². The highest BCUT2D eigenvalue weighted by molar-refractivity contribution is 5.83. The summed E-state index contributed by atoms with van der Waals surface area (Å²) in [6.45, 7) is 2.27. The van der Waals surface area contributed by atoms with Gasteiger partial charge in [0.25, 0.3) is 0 Å². The predicted octanol–water partition coefficient (Wildman–Crippen LogP) is 5.75. The molecule has 0 heterocycles. The summed E-state index contributed by atoms with van der Waals surface area (Å²) in [5, 5.41) is 2.72. The lowest BCUT2D eigenvalue weighted by atomic mass is 9.79. The summed E-state index contributed by atoms with van der Waals surface area (Å²) >= 11 is 0. The normalized spacial score (nSPS) is 22.1. The van der Waals surface area contributed by atoms with E-state index in [1.807, 2.05) is 0 Å². The average molecular weight is 260 g/mol. The molecule has 0 radical (unpaired) electrons. The Morgan fingerprint density at radius 2 is 1.85 bits per heavy atom. The molecular formula is C20H20. The molecule has 20 heavy (non-hydrogen) atoms.